The number of carbonyl (C=O) groups excluding carboxylic acids is 1. The second kappa shape index (κ2) is 5.17. The number of aromatic nitrogens is 1. The van der Waals surface area contributed by atoms with Crippen molar-refractivity contribution in [1.82, 2.24) is 4.98 Å². The molecule has 0 atom stereocenters. The molecule has 0 radical (unpaired) electrons. The van der Waals surface area contributed by atoms with Crippen molar-refractivity contribution in [2.75, 3.05) is 5.32 Å². The fraction of sp³-hybridized carbons (Fsp3) is 0. The molecule has 98 valence electrons. The van der Waals surface area contributed by atoms with Gasteiger partial charge in [0, 0.05) is 6.20 Å². The van der Waals surface area contributed by atoms with Crippen molar-refractivity contribution in [2.24, 2.45) is 0 Å². The summed E-state index contributed by atoms with van der Waals surface area (Å²) in [5, 5.41) is 2.45. The van der Waals surface area contributed by atoms with Gasteiger partial charge in [-0.25, -0.2) is 4.98 Å². The number of anilines is 1. The number of nitrogens with zero attached hydrogens (tertiary/aromatic N) is 1. The Hall–Kier alpha value is -2.25. The summed E-state index contributed by atoms with van der Waals surface area (Å²) in [5.74, 6) is -0.371. The highest BCUT2D eigenvalue weighted by molar-refractivity contribution is 7.86. The first kappa shape index (κ1) is 13.2. The van der Waals surface area contributed by atoms with Gasteiger partial charge < -0.3 is 5.32 Å². The molecule has 0 spiro atoms. The zero-order valence-corrected chi connectivity index (χ0v) is 10.5. The summed E-state index contributed by atoms with van der Waals surface area (Å²) in [5.41, 5.74) is -0.143. The van der Waals surface area contributed by atoms with Crippen molar-refractivity contribution < 1.29 is 17.8 Å². The van der Waals surface area contributed by atoms with Crippen LogP contribution >= 0.6 is 0 Å². The molecular weight excluding hydrogens is 268 g/mol. The van der Waals surface area contributed by atoms with Gasteiger partial charge in [-0.05, 0) is 24.3 Å². The minimum atomic E-state index is -4.45. The summed E-state index contributed by atoms with van der Waals surface area (Å²) in [4.78, 5) is 15.4. The van der Waals surface area contributed by atoms with E-state index in [0.717, 1.165) is 6.07 Å². The number of hydrogen-bond acceptors (Lipinski definition) is 4. The minimum Gasteiger partial charge on any atom is -0.307 e. The lowest BCUT2D eigenvalue weighted by molar-refractivity contribution is 0.102. The first-order valence-corrected chi connectivity index (χ1v) is 6.71. The molecule has 0 unspecified atom stereocenters. The van der Waals surface area contributed by atoms with Crippen LogP contribution in [0, 0.1) is 0 Å². The molecule has 2 rings (SSSR count). The second-order valence-electron chi connectivity index (χ2n) is 3.64. The Kier molecular flexibility index (Phi) is 3.59. The van der Waals surface area contributed by atoms with E-state index in [1.165, 1.54) is 24.4 Å². The van der Waals surface area contributed by atoms with Crippen LogP contribution in [0.2, 0.25) is 0 Å². The van der Waals surface area contributed by atoms with Crippen molar-refractivity contribution in [3.63, 3.8) is 0 Å². The van der Waals surface area contributed by atoms with Gasteiger partial charge in [-0.1, -0.05) is 18.2 Å². The molecule has 0 fully saturated rings. The number of pyridine rings is 1. The average Bonchev–Trinajstić information content (AvgIpc) is 2.39. The van der Waals surface area contributed by atoms with E-state index in [4.69, 9.17) is 4.55 Å². The lowest BCUT2D eigenvalue weighted by Gasteiger charge is -2.07. The smallest absolute Gasteiger partial charge is 0.295 e. The molecule has 19 heavy (non-hydrogen) atoms. The number of rotatable bonds is 3. The molecule has 1 amide bonds. The van der Waals surface area contributed by atoms with E-state index >= 15 is 0 Å². The number of hydrogen-bond donors (Lipinski definition) is 2. The topological polar surface area (TPSA) is 96.4 Å². The van der Waals surface area contributed by atoms with Crippen LogP contribution in [0.4, 0.5) is 5.82 Å². The fourth-order valence-electron chi connectivity index (χ4n) is 1.50. The van der Waals surface area contributed by atoms with Crippen LogP contribution in [0.1, 0.15) is 10.4 Å². The van der Waals surface area contributed by atoms with Gasteiger partial charge in [0.2, 0.25) is 0 Å². The van der Waals surface area contributed by atoms with Crippen molar-refractivity contribution in [1.29, 1.82) is 0 Å². The third-order valence-corrected chi connectivity index (χ3v) is 3.23. The average molecular weight is 278 g/mol. The van der Waals surface area contributed by atoms with E-state index in [9.17, 15) is 13.2 Å². The van der Waals surface area contributed by atoms with E-state index < -0.39 is 20.9 Å². The van der Waals surface area contributed by atoms with E-state index in [1.54, 1.807) is 18.2 Å². The Balaban J connectivity index is 2.35. The SMILES string of the molecule is O=C(Nc1ccccn1)c1ccccc1S(=O)(=O)O. The fourth-order valence-corrected chi connectivity index (χ4v) is 2.19. The summed E-state index contributed by atoms with van der Waals surface area (Å²) in [6.45, 7) is 0. The number of carbonyl (C=O) groups is 1. The molecule has 0 aliphatic heterocycles. The Bertz CT molecular complexity index is 699. The van der Waals surface area contributed by atoms with Crippen LogP contribution in [0.3, 0.4) is 0 Å². The largest absolute Gasteiger partial charge is 0.307 e. The van der Waals surface area contributed by atoms with Gasteiger partial charge in [-0.2, -0.15) is 8.42 Å². The van der Waals surface area contributed by atoms with Gasteiger partial charge in [0.25, 0.3) is 16.0 Å². The normalized spacial score (nSPS) is 11.0. The highest BCUT2D eigenvalue weighted by Crippen LogP contribution is 2.16. The van der Waals surface area contributed by atoms with Crippen LogP contribution in [0.25, 0.3) is 0 Å². The molecule has 0 aliphatic carbocycles. The standard InChI is InChI=1S/C12H10N2O4S/c15-12(14-11-7-3-4-8-13-11)9-5-1-2-6-10(9)19(16,17)18/h1-8H,(H,13,14,15)(H,16,17,18). The molecule has 1 aromatic carbocycles. The summed E-state index contributed by atoms with van der Waals surface area (Å²) in [7, 11) is -4.45. The molecule has 6 nitrogen and oxygen atoms in total. The predicted molar refractivity (Wildman–Crippen MR) is 68.4 cm³/mol. The molecule has 1 heterocycles. The molecule has 1 aromatic heterocycles. The first-order valence-electron chi connectivity index (χ1n) is 5.27. The van der Waals surface area contributed by atoms with E-state index in [2.05, 4.69) is 10.3 Å². The van der Waals surface area contributed by atoms with Crippen LogP contribution in [0.5, 0.6) is 0 Å². The Morgan fingerprint density at radius 3 is 2.42 bits per heavy atom. The summed E-state index contributed by atoms with van der Waals surface area (Å²) in [6, 6.07) is 10.3. The maximum absolute atomic E-state index is 12.0. The first-order chi connectivity index (χ1) is 8.98. The summed E-state index contributed by atoms with van der Waals surface area (Å²) < 4.78 is 31.4. The second-order valence-corrected chi connectivity index (χ2v) is 5.03. The molecule has 0 saturated heterocycles. The maximum atomic E-state index is 12.0. The number of amides is 1. The van der Waals surface area contributed by atoms with Gasteiger partial charge in [-0.15, -0.1) is 0 Å². The predicted octanol–water partition coefficient (Wildman–Crippen LogP) is 1.58. The Morgan fingerprint density at radius 1 is 1.11 bits per heavy atom. The van der Waals surface area contributed by atoms with E-state index in [-0.39, 0.29) is 11.4 Å². The van der Waals surface area contributed by atoms with Crippen molar-refractivity contribution in [3.05, 3.63) is 54.2 Å². The molecule has 0 saturated carbocycles. The number of benzene rings is 1. The van der Waals surface area contributed by atoms with E-state index in [0.29, 0.717) is 0 Å². The van der Waals surface area contributed by atoms with Crippen LogP contribution in [0.15, 0.2) is 53.6 Å². The highest BCUT2D eigenvalue weighted by Gasteiger charge is 2.19. The Morgan fingerprint density at radius 2 is 1.79 bits per heavy atom. The Labute approximate surface area is 109 Å². The van der Waals surface area contributed by atoms with Crippen LogP contribution < -0.4 is 5.32 Å². The van der Waals surface area contributed by atoms with Gasteiger partial charge in [0.15, 0.2) is 0 Å². The molecule has 2 aromatic rings. The van der Waals surface area contributed by atoms with Crippen molar-refractivity contribution in [2.45, 2.75) is 4.90 Å². The molecular formula is C12H10N2O4S. The molecule has 0 aliphatic rings. The summed E-state index contributed by atoms with van der Waals surface area (Å²) >= 11 is 0. The third-order valence-electron chi connectivity index (χ3n) is 2.32. The number of nitrogens with one attached hydrogen (secondary N) is 1. The van der Waals surface area contributed by atoms with Crippen LogP contribution in [-0.4, -0.2) is 23.9 Å². The van der Waals surface area contributed by atoms with Crippen molar-refractivity contribution >= 4 is 21.8 Å². The van der Waals surface area contributed by atoms with Gasteiger partial charge in [0.1, 0.15) is 10.7 Å². The molecule has 7 heteroatoms. The van der Waals surface area contributed by atoms with Crippen LogP contribution in [-0.2, 0) is 10.1 Å². The summed E-state index contributed by atoms with van der Waals surface area (Å²) in [6.07, 6.45) is 1.49. The maximum Gasteiger partial charge on any atom is 0.295 e. The van der Waals surface area contributed by atoms with Gasteiger partial charge >= 0.3 is 0 Å². The van der Waals surface area contributed by atoms with Gasteiger partial charge in [-0.3, -0.25) is 9.35 Å². The lowest BCUT2D eigenvalue weighted by Crippen LogP contribution is -2.16. The zero-order chi connectivity index (χ0) is 13.9. The zero-order valence-electron chi connectivity index (χ0n) is 9.65. The quantitative estimate of drug-likeness (QED) is 0.831. The minimum absolute atomic E-state index is 0.143. The molecule has 0 bridgehead atoms. The highest BCUT2D eigenvalue weighted by atomic mass is 32.2. The van der Waals surface area contributed by atoms with E-state index in [1.807, 2.05) is 0 Å². The molecule has 2 N–H and O–H groups in total. The monoisotopic (exact) mass is 278 g/mol. The van der Waals surface area contributed by atoms with Crippen molar-refractivity contribution in [3.8, 4) is 0 Å². The third kappa shape index (κ3) is 3.15. The van der Waals surface area contributed by atoms with Gasteiger partial charge in [0.05, 0.1) is 5.56 Å². The lowest BCUT2D eigenvalue weighted by atomic mass is 10.2.